The topological polar surface area (TPSA) is 29.1 Å². The van der Waals surface area contributed by atoms with Gasteiger partial charge >= 0.3 is 0 Å². The molecule has 4 heteroatoms. The lowest BCUT2D eigenvalue weighted by molar-refractivity contribution is -0.127. The van der Waals surface area contributed by atoms with E-state index in [2.05, 4.69) is 5.32 Å². The van der Waals surface area contributed by atoms with E-state index in [1.165, 1.54) is 0 Å². The normalized spacial score (nSPS) is 17.6. The van der Waals surface area contributed by atoms with Crippen LogP contribution in [0, 0.1) is 0 Å². The van der Waals surface area contributed by atoms with Gasteiger partial charge in [-0.3, -0.25) is 4.79 Å². The fourth-order valence-electron chi connectivity index (χ4n) is 1.93. The second-order valence-electron chi connectivity index (χ2n) is 3.99. The maximum atomic E-state index is 14.0. The molecule has 1 aliphatic rings. The largest absolute Gasteiger partial charge is 0.323 e. The molecule has 0 atom stereocenters. The van der Waals surface area contributed by atoms with Gasteiger partial charge in [0.1, 0.15) is 0 Å². The number of para-hydroxylation sites is 1. The van der Waals surface area contributed by atoms with Gasteiger partial charge in [-0.25, -0.2) is 4.39 Å². The van der Waals surface area contributed by atoms with E-state index >= 15 is 0 Å². The Morgan fingerprint density at radius 1 is 1.19 bits per heavy atom. The van der Waals surface area contributed by atoms with Crippen molar-refractivity contribution in [2.24, 2.45) is 0 Å². The highest BCUT2D eigenvalue weighted by Gasteiger charge is 2.41. The maximum Gasteiger partial charge on any atom is 0.262 e. The molecule has 1 aromatic rings. The highest BCUT2D eigenvalue weighted by Crippen LogP contribution is 2.34. The summed E-state index contributed by atoms with van der Waals surface area (Å²) in [7, 11) is 0. The molecule has 1 saturated carbocycles. The van der Waals surface area contributed by atoms with Crippen molar-refractivity contribution >= 4 is 24.0 Å². The molecule has 1 N–H and O–H groups in total. The Morgan fingerprint density at radius 2 is 1.75 bits per heavy atom. The monoisotopic (exact) mass is 243 g/mol. The fraction of sp³-hybridized carbons (Fsp3) is 0.417. The van der Waals surface area contributed by atoms with Crippen molar-refractivity contribution in [2.75, 3.05) is 5.32 Å². The molecule has 2 nitrogen and oxygen atoms in total. The summed E-state index contributed by atoms with van der Waals surface area (Å²) >= 11 is 0. The first-order valence-electron chi connectivity index (χ1n) is 5.26. The van der Waals surface area contributed by atoms with Crippen molar-refractivity contribution in [2.45, 2.75) is 31.4 Å². The van der Waals surface area contributed by atoms with Crippen LogP contribution in [-0.4, -0.2) is 11.6 Å². The van der Waals surface area contributed by atoms with E-state index in [1.54, 1.807) is 12.1 Å². The Hall–Kier alpha value is -1.09. The smallest absolute Gasteiger partial charge is 0.262 e. The number of benzene rings is 1. The first-order valence-corrected chi connectivity index (χ1v) is 5.26. The maximum absolute atomic E-state index is 14.0. The molecular weight excluding hydrogens is 229 g/mol. The van der Waals surface area contributed by atoms with Crippen LogP contribution in [0.4, 0.5) is 10.1 Å². The lowest BCUT2D eigenvalue weighted by atomic mass is 10.0. The van der Waals surface area contributed by atoms with Gasteiger partial charge in [-0.1, -0.05) is 18.2 Å². The third-order valence-corrected chi connectivity index (χ3v) is 2.83. The molecule has 1 fully saturated rings. The molecule has 0 spiro atoms. The van der Waals surface area contributed by atoms with E-state index in [-0.39, 0.29) is 12.4 Å². The predicted octanol–water partition coefficient (Wildman–Crippen LogP) is 3.33. The highest BCUT2D eigenvalue weighted by atomic mass is 35.5. The summed E-state index contributed by atoms with van der Waals surface area (Å²) in [5.41, 5.74) is -0.984. The van der Waals surface area contributed by atoms with Crippen LogP contribution in [0.5, 0.6) is 0 Å². The van der Waals surface area contributed by atoms with Gasteiger partial charge in [0.15, 0.2) is 5.67 Å². The quantitative estimate of drug-likeness (QED) is 0.848. The second-order valence-corrected chi connectivity index (χ2v) is 3.99. The molecule has 0 saturated heterocycles. The predicted molar refractivity (Wildman–Crippen MR) is 64.6 cm³/mol. The summed E-state index contributed by atoms with van der Waals surface area (Å²) in [6.45, 7) is 0. The van der Waals surface area contributed by atoms with Gasteiger partial charge in [0.05, 0.1) is 0 Å². The van der Waals surface area contributed by atoms with E-state index in [4.69, 9.17) is 0 Å². The van der Waals surface area contributed by atoms with Gasteiger partial charge in [0.25, 0.3) is 5.91 Å². The number of amides is 1. The second kappa shape index (κ2) is 5.30. The number of nitrogens with one attached hydrogen (secondary N) is 1. The van der Waals surface area contributed by atoms with Crippen LogP contribution < -0.4 is 5.32 Å². The Morgan fingerprint density at radius 3 is 2.31 bits per heavy atom. The Balaban J connectivity index is 0.00000128. The molecule has 1 aromatic carbocycles. The van der Waals surface area contributed by atoms with Gasteiger partial charge < -0.3 is 5.32 Å². The average molecular weight is 244 g/mol. The molecule has 0 aliphatic heterocycles. The SMILES string of the molecule is Cl.O=C(Nc1ccccc1)C1(F)CCCC1. The third kappa shape index (κ3) is 2.73. The van der Waals surface area contributed by atoms with E-state index in [0.29, 0.717) is 18.5 Å². The van der Waals surface area contributed by atoms with Crippen LogP contribution >= 0.6 is 12.4 Å². The molecule has 2 rings (SSSR count). The number of halogens is 2. The van der Waals surface area contributed by atoms with Gasteiger partial charge in [0, 0.05) is 5.69 Å². The lowest BCUT2D eigenvalue weighted by Crippen LogP contribution is -2.35. The number of carbonyl (C=O) groups is 1. The molecule has 0 aromatic heterocycles. The molecule has 1 aliphatic carbocycles. The molecule has 88 valence electrons. The summed E-state index contributed by atoms with van der Waals surface area (Å²) in [6.07, 6.45) is 2.31. The highest BCUT2D eigenvalue weighted by molar-refractivity contribution is 5.97. The van der Waals surface area contributed by atoms with Crippen LogP contribution in [0.25, 0.3) is 0 Å². The Bertz CT molecular complexity index is 349. The van der Waals surface area contributed by atoms with Crippen LogP contribution in [0.2, 0.25) is 0 Å². The fourth-order valence-corrected chi connectivity index (χ4v) is 1.93. The van der Waals surface area contributed by atoms with Crippen LogP contribution in [0.3, 0.4) is 0 Å². The number of rotatable bonds is 2. The molecular formula is C12H15ClFNO. The molecule has 0 unspecified atom stereocenters. The van der Waals surface area contributed by atoms with Crippen molar-refractivity contribution in [1.82, 2.24) is 0 Å². The minimum atomic E-state index is -1.64. The van der Waals surface area contributed by atoms with E-state index in [1.807, 2.05) is 18.2 Å². The zero-order valence-electron chi connectivity index (χ0n) is 8.91. The molecule has 0 bridgehead atoms. The summed E-state index contributed by atoms with van der Waals surface area (Å²) in [5, 5.41) is 2.61. The van der Waals surface area contributed by atoms with Gasteiger partial charge in [-0.15, -0.1) is 12.4 Å². The van der Waals surface area contributed by atoms with E-state index in [0.717, 1.165) is 12.8 Å². The zero-order valence-corrected chi connectivity index (χ0v) is 9.73. The number of hydrogen-bond donors (Lipinski definition) is 1. The summed E-state index contributed by atoms with van der Waals surface area (Å²) in [5.74, 6) is -0.494. The Labute approximate surface area is 101 Å². The Kier molecular flexibility index (Phi) is 4.30. The molecule has 1 amide bonds. The summed E-state index contributed by atoms with van der Waals surface area (Å²) < 4.78 is 14.0. The van der Waals surface area contributed by atoms with E-state index < -0.39 is 11.6 Å². The van der Waals surface area contributed by atoms with Crippen LogP contribution in [0.1, 0.15) is 25.7 Å². The first kappa shape index (κ1) is 13.0. The van der Waals surface area contributed by atoms with Crippen LogP contribution in [-0.2, 0) is 4.79 Å². The molecule has 16 heavy (non-hydrogen) atoms. The van der Waals surface area contributed by atoms with Crippen molar-refractivity contribution in [3.63, 3.8) is 0 Å². The third-order valence-electron chi connectivity index (χ3n) is 2.83. The minimum Gasteiger partial charge on any atom is -0.323 e. The molecule has 0 heterocycles. The lowest BCUT2D eigenvalue weighted by Gasteiger charge is -2.17. The summed E-state index contributed by atoms with van der Waals surface area (Å²) in [6, 6.07) is 9.01. The van der Waals surface area contributed by atoms with Gasteiger partial charge in [-0.05, 0) is 37.8 Å². The number of alkyl halides is 1. The van der Waals surface area contributed by atoms with Gasteiger partial charge in [0.2, 0.25) is 0 Å². The number of carbonyl (C=O) groups excluding carboxylic acids is 1. The number of hydrogen-bond acceptors (Lipinski definition) is 1. The van der Waals surface area contributed by atoms with Crippen molar-refractivity contribution in [1.29, 1.82) is 0 Å². The average Bonchev–Trinajstić information content (AvgIpc) is 2.68. The first-order chi connectivity index (χ1) is 7.21. The molecule has 0 radical (unpaired) electrons. The standard InChI is InChI=1S/C12H14FNO.ClH/c13-12(8-4-5-9-12)11(15)14-10-6-2-1-3-7-10;/h1-3,6-7H,4-5,8-9H2,(H,14,15);1H. The van der Waals surface area contributed by atoms with Gasteiger partial charge in [-0.2, -0.15) is 0 Å². The van der Waals surface area contributed by atoms with E-state index in [9.17, 15) is 9.18 Å². The van der Waals surface area contributed by atoms with Crippen molar-refractivity contribution in [3.8, 4) is 0 Å². The van der Waals surface area contributed by atoms with Crippen molar-refractivity contribution in [3.05, 3.63) is 30.3 Å². The van der Waals surface area contributed by atoms with Crippen molar-refractivity contribution < 1.29 is 9.18 Å². The zero-order chi connectivity index (χ0) is 10.7. The van der Waals surface area contributed by atoms with Crippen LogP contribution in [0.15, 0.2) is 30.3 Å². The minimum absolute atomic E-state index is 0. The number of anilines is 1. The summed E-state index contributed by atoms with van der Waals surface area (Å²) in [4.78, 5) is 11.7.